The molecular formula is C28H33N5O9P2. The maximum Gasteiger partial charge on any atom is 0.381 e. The Kier molecular flexibility index (Phi) is 7.82. The number of ether oxygens (including phenoxy) is 1. The molecule has 1 aliphatic carbocycles. The van der Waals surface area contributed by atoms with E-state index in [4.69, 9.17) is 4.74 Å². The number of benzene rings is 1. The van der Waals surface area contributed by atoms with Gasteiger partial charge in [-0.25, -0.2) is 9.78 Å². The molecule has 1 saturated heterocycles. The Morgan fingerprint density at radius 1 is 1.11 bits per heavy atom. The van der Waals surface area contributed by atoms with Crippen molar-refractivity contribution in [1.29, 1.82) is 0 Å². The highest BCUT2D eigenvalue weighted by Crippen LogP contribution is 2.70. The molecule has 5 N–H and O–H groups in total. The minimum Gasteiger partial charge on any atom is -0.429 e. The van der Waals surface area contributed by atoms with Gasteiger partial charge in [0.1, 0.15) is 11.2 Å². The summed E-state index contributed by atoms with van der Waals surface area (Å²) in [7, 11) is -11.8. The summed E-state index contributed by atoms with van der Waals surface area (Å²) >= 11 is 0. The number of hydrogen-bond donors (Lipinski definition) is 5. The van der Waals surface area contributed by atoms with Gasteiger partial charge in [-0.05, 0) is 49.1 Å². The van der Waals surface area contributed by atoms with E-state index in [-0.39, 0.29) is 17.1 Å². The zero-order chi connectivity index (χ0) is 31.4. The molecule has 0 amide bonds. The maximum absolute atomic E-state index is 13.9. The number of esters is 1. The number of carbonyl (C=O) groups is 1. The van der Waals surface area contributed by atoms with Crippen molar-refractivity contribution in [3.8, 4) is 0 Å². The number of aromatic nitrogens is 3. The predicted molar refractivity (Wildman–Crippen MR) is 162 cm³/mol. The van der Waals surface area contributed by atoms with Crippen LogP contribution < -0.4 is 15.6 Å². The molecule has 0 radical (unpaired) electrons. The SMILES string of the molecule is CCc1cc2c(=O)c(C(=O)OC(Cc3cnc4ccccn34)(P(=O)(O)O)P(=O)(O)O)cn(C3CC3)c2cc1N1CCNCC1. The van der Waals surface area contributed by atoms with Gasteiger partial charge in [0.2, 0.25) is 5.43 Å². The maximum atomic E-state index is 13.9. The second kappa shape index (κ2) is 11.2. The number of pyridine rings is 2. The van der Waals surface area contributed by atoms with Crippen molar-refractivity contribution < 1.29 is 38.2 Å². The molecule has 14 nitrogen and oxygen atoms in total. The minimum atomic E-state index is -5.91. The third-order valence-electron chi connectivity index (χ3n) is 8.30. The van der Waals surface area contributed by atoms with Crippen molar-refractivity contribution >= 4 is 43.4 Å². The quantitative estimate of drug-likeness (QED) is 0.132. The molecule has 4 heterocycles. The van der Waals surface area contributed by atoms with Crippen molar-refractivity contribution in [2.45, 2.75) is 43.7 Å². The van der Waals surface area contributed by atoms with E-state index in [1.54, 1.807) is 28.8 Å². The minimum absolute atomic E-state index is 0.0259. The number of nitrogens with one attached hydrogen (secondary N) is 1. The summed E-state index contributed by atoms with van der Waals surface area (Å²) in [6.45, 7) is 5.17. The lowest BCUT2D eigenvalue weighted by Crippen LogP contribution is -2.44. The second-order valence-corrected chi connectivity index (χ2v) is 15.1. The van der Waals surface area contributed by atoms with Gasteiger partial charge in [-0.1, -0.05) is 13.0 Å². The van der Waals surface area contributed by atoms with E-state index in [0.29, 0.717) is 17.6 Å². The number of carbonyl (C=O) groups excluding carboxylic acids is 1. The summed E-state index contributed by atoms with van der Waals surface area (Å²) in [5.74, 6) is -1.55. The van der Waals surface area contributed by atoms with Gasteiger partial charge in [-0.2, -0.15) is 0 Å². The van der Waals surface area contributed by atoms with E-state index < -0.39 is 43.7 Å². The van der Waals surface area contributed by atoms with Crippen molar-refractivity contribution in [2.24, 2.45) is 0 Å². The Morgan fingerprint density at radius 2 is 1.82 bits per heavy atom. The molecule has 16 heteroatoms. The number of anilines is 1. The van der Waals surface area contributed by atoms with E-state index in [0.717, 1.165) is 50.3 Å². The standard InChI is InChI=1S/C28H33N5O9P2/c1-2-18-13-21-24(14-23(18)31-11-8-29-9-12-31)33(19-6-7-19)17-22(26(21)34)27(35)42-28(43(36,37)38,44(39,40)41)15-20-16-30-25-5-3-4-10-32(20)25/h3-5,10,13-14,16-17,19,29H,2,6-9,11-12,15H2,1H3,(H2,36,37,38)(H2,39,40,41). The molecular weight excluding hydrogens is 612 g/mol. The molecule has 2 fully saturated rings. The highest BCUT2D eigenvalue weighted by molar-refractivity contribution is 7.72. The van der Waals surface area contributed by atoms with Crippen LogP contribution in [0.4, 0.5) is 5.69 Å². The summed E-state index contributed by atoms with van der Waals surface area (Å²) in [5, 5.41) is -0.0801. The Labute approximate surface area is 251 Å². The number of imidazole rings is 1. The van der Waals surface area contributed by atoms with Crippen molar-refractivity contribution in [1.82, 2.24) is 19.3 Å². The first kappa shape index (κ1) is 30.7. The normalized spacial score (nSPS) is 16.5. The molecule has 0 unspecified atom stereocenters. The number of rotatable bonds is 9. The highest BCUT2D eigenvalue weighted by atomic mass is 31.2. The van der Waals surface area contributed by atoms with Crippen LogP contribution in [0.25, 0.3) is 16.6 Å². The molecule has 2 aliphatic rings. The van der Waals surface area contributed by atoms with Gasteiger partial charge >= 0.3 is 26.2 Å². The van der Waals surface area contributed by atoms with E-state index in [2.05, 4.69) is 15.2 Å². The van der Waals surface area contributed by atoms with Crippen LogP contribution in [-0.2, 0) is 26.7 Å². The Hall–Kier alpha value is -3.35. The van der Waals surface area contributed by atoms with Crippen LogP contribution in [-0.4, -0.2) is 70.8 Å². The van der Waals surface area contributed by atoms with Crippen LogP contribution in [0.3, 0.4) is 0 Å². The number of piperazine rings is 1. The zero-order valence-corrected chi connectivity index (χ0v) is 25.7. The average molecular weight is 646 g/mol. The summed E-state index contributed by atoms with van der Waals surface area (Å²) in [4.78, 5) is 75.4. The Morgan fingerprint density at radius 3 is 2.45 bits per heavy atom. The first-order valence-corrected chi connectivity index (χ1v) is 17.5. The lowest BCUT2D eigenvalue weighted by atomic mass is 10.0. The molecule has 234 valence electrons. The van der Waals surface area contributed by atoms with Crippen LogP contribution in [0.5, 0.6) is 0 Å². The third kappa shape index (κ3) is 5.30. The van der Waals surface area contributed by atoms with Crippen molar-refractivity contribution in [3.63, 3.8) is 0 Å². The Bertz CT molecular complexity index is 1900. The first-order valence-electron chi connectivity index (χ1n) is 14.3. The summed E-state index contributed by atoms with van der Waals surface area (Å²) in [5.41, 5.74) is 1.45. The fourth-order valence-electron chi connectivity index (χ4n) is 5.80. The lowest BCUT2D eigenvalue weighted by molar-refractivity contribution is 0.0235. The van der Waals surface area contributed by atoms with E-state index in [1.807, 2.05) is 13.0 Å². The summed E-state index contributed by atoms with van der Waals surface area (Å²) in [6.07, 6.45) is 5.05. The van der Waals surface area contributed by atoms with Gasteiger partial charge in [0, 0.05) is 67.6 Å². The van der Waals surface area contributed by atoms with Gasteiger partial charge in [-0.3, -0.25) is 13.9 Å². The van der Waals surface area contributed by atoms with Gasteiger partial charge < -0.3 is 43.5 Å². The number of fused-ring (bicyclic) bond motifs is 2. The molecule has 0 spiro atoms. The van der Waals surface area contributed by atoms with Crippen LogP contribution in [0, 0.1) is 0 Å². The molecule has 3 aromatic heterocycles. The third-order valence-corrected chi connectivity index (χ3v) is 12.2. The Balaban J connectivity index is 1.48. The molecule has 0 bridgehead atoms. The fraction of sp³-hybridized carbons (Fsp3) is 0.393. The topological polar surface area (TPSA) is 196 Å². The van der Waals surface area contributed by atoms with Crippen molar-refractivity contribution in [2.75, 3.05) is 31.1 Å². The molecule has 0 atom stereocenters. The fourth-order valence-corrected chi connectivity index (χ4v) is 8.30. The van der Waals surface area contributed by atoms with E-state index >= 15 is 0 Å². The average Bonchev–Trinajstić information content (AvgIpc) is 3.75. The summed E-state index contributed by atoms with van der Waals surface area (Å²) < 4.78 is 34.1. The van der Waals surface area contributed by atoms with Crippen LogP contribution >= 0.6 is 15.2 Å². The summed E-state index contributed by atoms with van der Waals surface area (Å²) in [6, 6.07) is 8.47. The zero-order valence-electron chi connectivity index (χ0n) is 23.9. The molecule has 1 aromatic carbocycles. The molecule has 6 rings (SSSR count). The lowest BCUT2D eigenvalue weighted by Gasteiger charge is -2.33. The van der Waals surface area contributed by atoms with Crippen molar-refractivity contribution in [3.05, 3.63) is 76.0 Å². The monoisotopic (exact) mass is 645 g/mol. The molecule has 44 heavy (non-hydrogen) atoms. The van der Waals surface area contributed by atoms with Gasteiger partial charge in [0.25, 0.3) is 0 Å². The van der Waals surface area contributed by atoms with E-state index in [9.17, 15) is 38.3 Å². The number of hydrogen-bond acceptors (Lipinski definition) is 8. The molecule has 1 saturated carbocycles. The molecule has 4 aromatic rings. The largest absolute Gasteiger partial charge is 0.429 e. The van der Waals surface area contributed by atoms with Gasteiger partial charge in [-0.15, -0.1) is 0 Å². The highest BCUT2D eigenvalue weighted by Gasteiger charge is 2.64. The smallest absolute Gasteiger partial charge is 0.381 e. The van der Waals surface area contributed by atoms with Gasteiger partial charge in [0.05, 0.1) is 11.9 Å². The number of aryl methyl sites for hydroxylation is 1. The van der Waals surface area contributed by atoms with E-state index in [1.165, 1.54) is 23.0 Å². The number of nitrogens with zero attached hydrogens (tertiary/aromatic N) is 4. The van der Waals surface area contributed by atoms with Crippen LogP contribution in [0.15, 0.2) is 53.7 Å². The second-order valence-electron chi connectivity index (χ2n) is 11.2. The van der Waals surface area contributed by atoms with Crippen LogP contribution in [0.1, 0.15) is 47.4 Å². The van der Waals surface area contributed by atoms with Crippen LogP contribution in [0.2, 0.25) is 0 Å². The van der Waals surface area contributed by atoms with Gasteiger partial charge in [0.15, 0.2) is 0 Å². The first-order chi connectivity index (χ1) is 20.8. The predicted octanol–water partition coefficient (Wildman–Crippen LogP) is 2.36. The molecule has 1 aliphatic heterocycles.